The Morgan fingerprint density at radius 2 is 2.00 bits per heavy atom. The molecule has 1 aliphatic rings. The first kappa shape index (κ1) is 23.6. The van der Waals surface area contributed by atoms with Crippen molar-refractivity contribution < 1.29 is 17.9 Å². The predicted octanol–water partition coefficient (Wildman–Crippen LogP) is 4.74. The summed E-state index contributed by atoms with van der Waals surface area (Å²) in [6, 6.07) is 11.5. The Hall–Kier alpha value is -1.01. The minimum Gasteiger partial charge on any atom is -0.378 e. The number of morpholine rings is 1. The Kier molecular flexibility index (Phi) is 7.94. The maximum atomic E-state index is 13.2. The van der Waals surface area contributed by atoms with E-state index in [9.17, 15) is 13.2 Å². The minimum atomic E-state index is -3.64. The topological polar surface area (TPSA) is 75.7 Å². The predicted molar refractivity (Wildman–Crippen MR) is 129 cm³/mol. The molecule has 2 aromatic rings. The molecule has 0 saturated carbocycles. The van der Waals surface area contributed by atoms with Crippen molar-refractivity contribution >= 4 is 60.1 Å². The van der Waals surface area contributed by atoms with Gasteiger partial charge in [0.2, 0.25) is 10.0 Å². The van der Waals surface area contributed by atoms with Crippen LogP contribution < -0.4 is 5.32 Å². The molecule has 1 amide bonds. The van der Waals surface area contributed by atoms with E-state index >= 15 is 0 Å². The number of amides is 1. The summed E-state index contributed by atoms with van der Waals surface area (Å²) in [5.74, 6) is -0.0478. The number of halogens is 2. The summed E-state index contributed by atoms with van der Waals surface area (Å²) in [6.07, 6.45) is 0.875. The molecule has 0 aliphatic carbocycles. The summed E-state index contributed by atoms with van der Waals surface area (Å²) in [5.41, 5.74) is 1.07. The second-order valence-corrected chi connectivity index (χ2v) is 11.2. The lowest BCUT2D eigenvalue weighted by Crippen LogP contribution is -2.51. The van der Waals surface area contributed by atoms with E-state index in [-0.39, 0.29) is 22.8 Å². The van der Waals surface area contributed by atoms with Gasteiger partial charge >= 0.3 is 0 Å². The van der Waals surface area contributed by atoms with E-state index in [0.29, 0.717) is 31.0 Å². The third-order valence-corrected chi connectivity index (χ3v) is 9.58. The lowest BCUT2D eigenvalue weighted by atomic mass is 9.99. The van der Waals surface area contributed by atoms with Gasteiger partial charge in [0.15, 0.2) is 0 Å². The minimum absolute atomic E-state index is 0.173. The molecule has 0 radical (unpaired) electrons. The molecular formula is C21H24BrIN2O4S. The van der Waals surface area contributed by atoms with Crippen molar-refractivity contribution in [2.45, 2.75) is 31.2 Å². The SMILES string of the molecule is CCC(C)C1COCCN1S(=O)(=O)c1ccc(NC(=O)c2ccc(Br)c(I)c2)cc1. The van der Waals surface area contributed by atoms with Gasteiger partial charge < -0.3 is 10.1 Å². The number of rotatable bonds is 6. The van der Waals surface area contributed by atoms with Crippen LogP contribution in [-0.4, -0.2) is 44.4 Å². The summed E-state index contributed by atoms with van der Waals surface area (Å²) in [6.45, 7) is 5.25. The molecule has 1 aliphatic heterocycles. The number of anilines is 1. The highest BCUT2D eigenvalue weighted by Crippen LogP contribution is 2.27. The highest BCUT2D eigenvalue weighted by molar-refractivity contribution is 14.1. The second kappa shape index (κ2) is 10.1. The quantitative estimate of drug-likeness (QED) is 0.482. The van der Waals surface area contributed by atoms with E-state index in [1.54, 1.807) is 40.7 Å². The zero-order valence-electron chi connectivity index (χ0n) is 16.8. The Balaban J connectivity index is 1.77. The number of carbonyl (C=O) groups excluding carboxylic acids is 1. The van der Waals surface area contributed by atoms with Crippen LogP contribution in [0.1, 0.15) is 30.6 Å². The third-order valence-electron chi connectivity index (χ3n) is 5.32. The molecule has 1 N–H and O–H groups in total. The van der Waals surface area contributed by atoms with Crippen LogP contribution in [0.2, 0.25) is 0 Å². The highest BCUT2D eigenvalue weighted by Gasteiger charge is 2.36. The molecule has 9 heteroatoms. The van der Waals surface area contributed by atoms with Crippen molar-refractivity contribution in [2.75, 3.05) is 25.1 Å². The fraction of sp³-hybridized carbons (Fsp3) is 0.381. The van der Waals surface area contributed by atoms with Crippen LogP contribution in [0, 0.1) is 9.49 Å². The van der Waals surface area contributed by atoms with Crippen LogP contribution in [-0.2, 0) is 14.8 Å². The summed E-state index contributed by atoms with van der Waals surface area (Å²) in [7, 11) is -3.64. The van der Waals surface area contributed by atoms with Crippen molar-refractivity contribution in [1.82, 2.24) is 4.31 Å². The van der Waals surface area contributed by atoms with E-state index in [0.717, 1.165) is 14.5 Å². The number of sulfonamides is 1. The second-order valence-electron chi connectivity index (χ2n) is 7.25. The van der Waals surface area contributed by atoms with Crippen molar-refractivity contribution in [2.24, 2.45) is 5.92 Å². The average molecular weight is 607 g/mol. The van der Waals surface area contributed by atoms with Gasteiger partial charge in [0, 0.05) is 25.8 Å². The van der Waals surface area contributed by atoms with Crippen LogP contribution in [0.5, 0.6) is 0 Å². The third kappa shape index (κ3) is 5.24. The normalized spacial score (nSPS) is 18.7. The summed E-state index contributed by atoms with van der Waals surface area (Å²) < 4.78 is 35.4. The van der Waals surface area contributed by atoms with Gasteiger partial charge in [-0.25, -0.2) is 8.42 Å². The van der Waals surface area contributed by atoms with Crippen LogP contribution >= 0.6 is 38.5 Å². The van der Waals surface area contributed by atoms with Crippen molar-refractivity contribution in [3.63, 3.8) is 0 Å². The molecule has 162 valence electrons. The molecule has 2 aromatic carbocycles. The molecule has 1 saturated heterocycles. The number of benzene rings is 2. The summed E-state index contributed by atoms with van der Waals surface area (Å²) >= 11 is 5.56. The van der Waals surface area contributed by atoms with E-state index < -0.39 is 10.0 Å². The molecule has 30 heavy (non-hydrogen) atoms. The summed E-state index contributed by atoms with van der Waals surface area (Å²) in [4.78, 5) is 12.7. The van der Waals surface area contributed by atoms with Gasteiger partial charge in [-0.05, 0) is 86.9 Å². The van der Waals surface area contributed by atoms with Crippen LogP contribution in [0.3, 0.4) is 0 Å². The van der Waals surface area contributed by atoms with Gasteiger partial charge in [-0.2, -0.15) is 4.31 Å². The van der Waals surface area contributed by atoms with Crippen molar-refractivity contribution in [3.05, 3.63) is 56.1 Å². The molecule has 2 unspecified atom stereocenters. The van der Waals surface area contributed by atoms with Gasteiger partial charge in [-0.1, -0.05) is 20.3 Å². The van der Waals surface area contributed by atoms with Gasteiger partial charge in [-0.15, -0.1) is 0 Å². The Morgan fingerprint density at radius 1 is 1.30 bits per heavy atom. The number of hydrogen-bond acceptors (Lipinski definition) is 4. The molecule has 0 aromatic heterocycles. The first-order valence-corrected chi connectivity index (χ1v) is 13.0. The van der Waals surface area contributed by atoms with Crippen molar-refractivity contribution in [3.8, 4) is 0 Å². The maximum Gasteiger partial charge on any atom is 0.255 e. The van der Waals surface area contributed by atoms with E-state index in [4.69, 9.17) is 4.74 Å². The first-order valence-electron chi connectivity index (χ1n) is 9.70. The Bertz CT molecular complexity index is 1010. The fourth-order valence-corrected chi connectivity index (χ4v) is 5.77. The number of nitrogens with one attached hydrogen (secondary N) is 1. The largest absolute Gasteiger partial charge is 0.378 e. The molecule has 2 atom stereocenters. The monoisotopic (exact) mass is 606 g/mol. The smallest absolute Gasteiger partial charge is 0.255 e. The van der Waals surface area contributed by atoms with Gasteiger partial charge in [-0.3, -0.25) is 4.79 Å². The molecule has 3 rings (SSSR count). The molecule has 1 fully saturated rings. The number of ether oxygens (including phenoxy) is 1. The molecular weight excluding hydrogens is 583 g/mol. The molecule has 0 bridgehead atoms. The van der Waals surface area contributed by atoms with Gasteiger partial charge in [0.1, 0.15) is 0 Å². The zero-order valence-corrected chi connectivity index (χ0v) is 21.3. The van der Waals surface area contributed by atoms with Crippen LogP contribution in [0.15, 0.2) is 51.8 Å². The fourth-order valence-electron chi connectivity index (χ4n) is 3.31. The molecule has 6 nitrogen and oxygen atoms in total. The van der Waals surface area contributed by atoms with Gasteiger partial charge in [0.05, 0.1) is 24.2 Å². The highest BCUT2D eigenvalue weighted by atomic mass is 127. The lowest BCUT2D eigenvalue weighted by Gasteiger charge is -2.37. The van der Waals surface area contributed by atoms with E-state index in [1.807, 2.05) is 19.9 Å². The zero-order chi connectivity index (χ0) is 21.9. The Morgan fingerprint density at radius 3 is 2.63 bits per heavy atom. The maximum absolute atomic E-state index is 13.2. The number of nitrogens with zero attached hydrogens (tertiary/aromatic N) is 1. The Labute approximate surface area is 199 Å². The first-order chi connectivity index (χ1) is 14.2. The number of hydrogen-bond donors (Lipinski definition) is 1. The van der Waals surface area contributed by atoms with Crippen molar-refractivity contribution in [1.29, 1.82) is 0 Å². The van der Waals surface area contributed by atoms with E-state index in [1.165, 1.54) is 0 Å². The van der Waals surface area contributed by atoms with E-state index in [2.05, 4.69) is 43.8 Å². The molecule has 1 heterocycles. The van der Waals surface area contributed by atoms with Crippen LogP contribution in [0.4, 0.5) is 5.69 Å². The van der Waals surface area contributed by atoms with Crippen LogP contribution in [0.25, 0.3) is 0 Å². The lowest BCUT2D eigenvalue weighted by molar-refractivity contribution is 0.0124. The number of carbonyl (C=O) groups is 1. The summed E-state index contributed by atoms with van der Waals surface area (Å²) in [5, 5.41) is 2.81. The average Bonchev–Trinajstić information content (AvgIpc) is 2.75. The molecule has 0 spiro atoms. The van der Waals surface area contributed by atoms with Gasteiger partial charge in [0.25, 0.3) is 5.91 Å². The standard InChI is InChI=1S/C21H24BrIN2O4S/c1-3-14(2)20-13-29-11-10-25(20)30(27,28)17-7-5-16(6-8-17)24-21(26)15-4-9-18(22)19(23)12-15/h4-9,12,14,20H,3,10-11,13H2,1-2H3,(H,24,26).